The van der Waals surface area contributed by atoms with Crippen molar-refractivity contribution < 1.29 is 33.9 Å². The van der Waals surface area contributed by atoms with E-state index in [2.05, 4.69) is 10.6 Å². The van der Waals surface area contributed by atoms with Gasteiger partial charge in [0, 0.05) is 19.0 Å². The zero-order valence-electron chi connectivity index (χ0n) is 23.6. The average molecular weight is 540 g/mol. The lowest BCUT2D eigenvalue weighted by molar-refractivity contribution is -0.153. The molecule has 1 saturated heterocycles. The molecule has 1 heterocycles. The van der Waals surface area contributed by atoms with Crippen LogP contribution in [-0.4, -0.2) is 81.5 Å². The van der Waals surface area contributed by atoms with E-state index in [-0.39, 0.29) is 25.3 Å². The second kappa shape index (κ2) is 13.8. The lowest BCUT2D eigenvalue weighted by atomic mass is 9.76. The van der Waals surface area contributed by atoms with Crippen LogP contribution in [0.25, 0.3) is 0 Å². The predicted octanol–water partition coefficient (Wildman–Crippen LogP) is -0.0373. The number of likely N-dealkylation sites (tertiary alicyclic amines) is 1. The summed E-state index contributed by atoms with van der Waals surface area (Å²) in [7, 11) is 0. The van der Waals surface area contributed by atoms with Gasteiger partial charge in [-0.1, -0.05) is 48.5 Å². The number of nitrogens with zero attached hydrogens (tertiary/aromatic N) is 1. The van der Waals surface area contributed by atoms with Crippen molar-refractivity contribution in [3.8, 4) is 0 Å². The highest BCUT2D eigenvalue weighted by atomic mass is 16.4. The molecule has 216 valence electrons. The number of hydrogen-bond donors (Lipinski definition) is 5. The fourth-order valence-corrected chi connectivity index (χ4v) is 4.49. The van der Waals surface area contributed by atoms with Gasteiger partial charge in [0.25, 0.3) is 5.91 Å². The van der Waals surface area contributed by atoms with Gasteiger partial charge in [-0.3, -0.25) is 24.0 Å². The number of Topliss-reactive ketones (excluding diaryl/α,β-unsaturated/α-hetero) is 2. The van der Waals surface area contributed by atoms with Crippen molar-refractivity contribution in [1.29, 1.82) is 0 Å². The Morgan fingerprint density at radius 3 is 2.00 bits per heavy atom. The highest BCUT2D eigenvalue weighted by Gasteiger charge is 2.56. The Hall–Kier alpha value is -2.86. The van der Waals surface area contributed by atoms with Crippen LogP contribution in [-0.2, 0) is 28.8 Å². The third-order valence-corrected chi connectivity index (χ3v) is 7.05. The van der Waals surface area contributed by atoms with Crippen molar-refractivity contribution in [3.63, 3.8) is 0 Å². The van der Waals surface area contributed by atoms with Crippen molar-refractivity contribution >= 4 is 35.3 Å². The van der Waals surface area contributed by atoms with E-state index in [4.69, 9.17) is 11.5 Å². The summed E-state index contributed by atoms with van der Waals surface area (Å²) < 4.78 is 0. The van der Waals surface area contributed by atoms with Gasteiger partial charge in [0.1, 0.15) is 12.1 Å². The molecular formula is C26H45N5O7. The molecule has 1 rings (SSSR count). The molecule has 0 aromatic carbocycles. The number of carboxylic acid groups (broad SMARTS) is 1. The standard InChI is InChI=1S/C26H45N5O7/c1-8-10-17(32)21(33)26(20(28)15(6)7,25(38)29-19(14(4)5)24(36)37)30-22(34)16-11-9-12-31(16)23(35)18(27)13(2)3/h13-16,18-20H,8-12,27-28H2,1-7H3,(H,29,38)(H,30,34)(H,36,37)/t16-,18-,19-,20?,26-/m0/s1. The molecule has 1 aliphatic rings. The number of hydrogen-bond acceptors (Lipinski definition) is 8. The molecule has 0 aliphatic carbocycles. The number of carboxylic acids is 1. The van der Waals surface area contributed by atoms with Crippen LogP contribution in [0.5, 0.6) is 0 Å². The Balaban J connectivity index is 3.64. The smallest absolute Gasteiger partial charge is 0.326 e. The zero-order chi connectivity index (χ0) is 29.5. The minimum absolute atomic E-state index is 0.191. The second-order valence-electron chi connectivity index (χ2n) is 11.1. The number of rotatable bonds is 14. The Labute approximate surface area is 224 Å². The molecule has 12 heteroatoms. The van der Waals surface area contributed by atoms with Gasteiger partial charge < -0.3 is 32.1 Å². The number of ketones is 2. The molecule has 0 radical (unpaired) electrons. The quantitative estimate of drug-likeness (QED) is 0.148. The van der Waals surface area contributed by atoms with Crippen LogP contribution in [0.15, 0.2) is 0 Å². The first-order chi connectivity index (χ1) is 17.5. The number of aliphatic carboxylic acids is 1. The number of amides is 3. The highest BCUT2D eigenvalue weighted by Crippen LogP contribution is 2.25. The molecule has 0 aromatic heterocycles. The van der Waals surface area contributed by atoms with Gasteiger partial charge in [0.2, 0.25) is 28.9 Å². The topological polar surface area (TPSA) is 202 Å². The molecule has 1 unspecified atom stereocenters. The van der Waals surface area contributed by atoms with Crippen LogP contribution >= 0.6 is 0 Å². The second-order valence-corrected chi connectivity index (χ2v) is 11.1. The molecule has 0 spiro atoms. The predicted molar refractivity (Wildman–Crippen MR) is 141 cm³/mol. The van der Waals surface area contributed by atoms with E-state index >= 15 is 0 Å². The van der Waals surface area contributed by atoms with Gasteiger partial charge in [0.15, 0.2) is 0 Å². The SMILES string of the molecule is CCCC(=O)C(=O)[C@](NC(=O)[C@@H]1CCCN1C(=O)[C@@H](N)C(C)C)(C(=O)N[C@H](C(=O)O)C(C)C)C(N)C(C)C. The normalized spacial score (nSPS) is 19.6. The first-order valence-electron chi connectivity index (χ1n) is 13.3. The van der Waals surface area contributed by atoms with E-state index in [0.29, 0.717) is 12.8 Å². The highest BCUT2D eigenvalue weighted by molar-refractivity contribution is 6.46. The van der Waals surface area contributed by atoms with Crippen LogP contribution in [0, 0.1) is 17.8 Å². The van der Waals surface area contributed by atoms with Crippen molar-refractivity contribution in [3.05, 3.63) is 0 Å². The van der Waals surface area contributed by atoms with E-state index in [0.717, 1.165) is 0 Å². The number of nitrogens with two attached hydrogens (primary N) is 2. The van der Waals surface area contributed by atoms with Gasteiger partial charge >= 0.3 is 5.97 Å². The number of carbonyl (C=O) groups is 6. The molecule has 3 amide bonds. The summed E-state index contributed by atoms with van der Waals surface area (Å²) in [5.41, 5.74) is 9.84. The lowest BCUT2D eigenvalue weighted by Gasteiger charge is -2.40. The molecule has 5 atom stereocenters. The van der Waals surface area contributed by atoms with Crippen molar-refractivity contribution in [2.75, 3.05) is 6.54 Å². The van der Waals surface area contributed by atoms with Gasteiger partial charge in [-0.2, -0.15) is 0 Å². The van der Waals surface area contributed by atoms with Gasteiger partial charge in [-0.05, 0) is 37.0 Å². The van der Waals surface area contributed by atoms with Crippen LogP contribution < -0.4 is 22.1 Å². The molecule has 0 bridgehead atoms. The maximum absolute atomic E-state index is 13.8. The number of nitrogens with one attached hydrogen (secondary N) is 2. The largest absolute Gasteiger partial charge is 0.480 e. The monoisotopic (exact) mass is 539 g/mol. The van der Waals surface area contributed by atoms with Crippen LogP contribution in [0.3, 0.4) is 0 Å². The first-order valence-corrected chi connectivity index (χ1v) is 13.3. The van der Waals surface area contributed by atoms with Gasteiger partial charge in [-0.15, -0.1) is 0 Å². The van der Waals surface area contributed by atoms with Crippen molar-refractivity contribution in [1.82, 2.24) is 15.5 Å². The van der Waals surface area contributed by atoms with Crippen molar-refractivity contribution in [2.24, 2.45) is 29.2 Å². The molecule has 38 heavy (non-hydrogen) atoms. The van der Waals surface area contributed by atoms with E-state index in [9.17, 15) is 33.9 Å². The molecule has 0 aromatic rings. The maximum atomic E-state index is 13.8. The average Bonchev–Trinajstić information content (AvgIpc) is 3.33. The zero-order valence-corrected chi connectivity index (χ0v) is 23.6. The molecule has 0 saturated carbocycles. The minimum Gasteiger partial charge on any atom is -0.480 e. The fourth-order valence-electron chi connectivity index (χ4n) is 4.49. The summed E-state index contributed by atoms with van der Waals surface area (Å²) in [5.74, 6) is -7.33. The van der Waals surface area contributed by atoms with E-state index in [1.54, 1.807) is 48.5 Å². The molecule has 1 fully saturated rings. The maximum Gasteiger partial charge on any atom is 0.326 e. The third-order valence-electron chi connectivity index (χ3n) is 7.05. The lowest BCUT2D eigenvalue weighted by Crippen LogP contribution is -2.76. The Bertz CT molecular complexity index is 920. The minimum atomic E-state index is -2.59. The summed E-state index contributed by atoms with van der Waals surface area (Å²) in [6.07, 6.45) is 0.840. The Morgan fingerprint density at radius 2 is 1.55 bits per heavy atom. The van der Waals surface area contributed by atoms with E-state index < -0.39 is 76.8 Å². The molecule has 12 nitrogen and oxygen atoms in total. The Kier molecular flexibility index (Phi) is 12.0. The molecule has 1 aliphatic heterocycles. The molecule has 7 N–H and O–H groups in total. The molecular weight excluding hydrogens is 494 g/mol. The Morgan fingerprint density at radius 1 is 0.974 bits per heavy atom. The summed E-state index contributed by atoms with van der Waals surface area (Å²) in [6.45, 7) is 11.8. The summed E-state index contributed by atoms with van der Waals surface area (Å²) >= 11 is 0. The van der Waals surface area contributed by atoms with Crippen LogP contribution in [0.2, 0.25) is 0 Å². The fraction of sp³-hybridized carbons (Fsp3) is 0.769. The summed E-state index contributed by atoms with van der Waals surface area (Å²) in [5, 5.41) is 14.4. The first kappa shape index (κ1) is 33.2. The van der Waals surface area contributed by atoms with Crippen LogP contribution in [0.4, 0.5) is 0 Å². The number of carbonyl (C=O) groups excluding carboxylic acids is 5. The van der Waals surface area contributed by atoms with Crippen molar-refractivity contribution in [2.45, 2.75) is 104 Å². The van der Waals surface area contributed by atoms with Gasteiger partial charge in [0.05, 0.1) is 6.04 Å². The summed E-state index contributed by atoms with van der Waals surface area (Å²) in [4.78, 5) is 80.2. The van der Waals surface area contributed by atoms with Crippen LogP contribution in [0.1, 0.15) is 74.1 Å². The van der Waals surface area contributed by atoms with Gasteiger partial charge in [-0.25, -0.2) is 4.79 Å². The third kappa shape index (κ3) is 7.16. The van der Waals surface area contributed by atoms with E-state index in [1.165, 1.54) is 4.90 Å². The van der Waals surface area contributed by atoms with E-state index in [1.807, 2.05) is 0 Å². The summed E-state index contributed by atoms with van der Waals surface area (Å²) in [6, 6.07) is -4.71.